The number of ether oxygens (including phenoxy) is 1. The van der Waals surface area contributed by atoms with Gasteiger partial charge in [0.15, 0.2) is 5.82 Å². The van der Waals surface area contributed by atoms with Crippen molar-refractivity contribution in [3.8, 4) is 0 Å². The van der Waals surface area contributed by atoms with Gasteiger partial charge < -0.3 is 9.84 Å². The normalized spacial score (nSPS) is 10.1. The fourth-order valence-corrected chi connectivity index (χ4v) is 2.06. The highest BCUT2D eigenvalue weighted by molar-refractivity contribution is 9.10. The van der Waals surface area contributed by atoms with E-state index in [1.54, 1.807) is 24.3 Å². The van der Waals surface area contributed by atoms with Crippen LogP contribution in [0.25, 0.3) is 0 Å². The van der Waals surface area contributed by atoms with Crippen LogP contribution >= 0.6 is 15.9 Å². The second-order valence-electron chi connectivity index (χ2n) is 4.28. The number of carbonyl (C=O) groups is 2. The Morgan fingerprint density at radius 1 is 1.18 bits per heavy atom. The molecule has 2 aromatic rings. The van der Waals surface area contributed by atoms with Crippen LogP contribution in [0.5, 0.6) is 0 Å². The van der Waals surface area contributed by atoms with E-state index in [2.05, 4.69) is 21.2 Å². The summed E-state index contributed by atoms with van der Waals surface area (Å²) in [5.41, 5.74) is -0.0320. The number of rotatable bonds is 4. The minimum Gasteiger partial charge on any atom is -0.478 e. The zero-order valence-electron chi connectivity index (χ0n) is 11.2. The Labute approximate surface area is 133 Å². The number of benzene rings is 2. The molecular weight excluding hydrogens is 357 g/mol. The van der Waals surface area contributed by atoms with E-state index in [1.165, 1.54) is 12.1 Å². The van der Waals surface area contributed by atoms with Crippen LogP contribution in [0.15, 0.2) is 46.9 Å². The molecule has 5 nitrogen and oxygen atoms in total. The molecule has 2 N–H and O–H groups in total. The molecule has 0 heterocycles. The number of nitrogens with one attached hydrogen (secondary N) is 1. The highest BCUT2D eigenvalue weighted by Gasteiger charge is 2.20. The van der Waals surface area contributed by atoms with Gasteiger partial charge in [0.1, 0.15) is 12.2 Å². The molecular formula is C15H11BrFNO4. The molecule has 0 saturated carbocycles. The zero-order valence-corrected chi connectivity index (χ0v) is 12.8. The fourth-order valence-electron chi connectivity index (χ4n) is 1.73. The van der Waals surface area contributed by atoms with Crippen LogP contribution in [-0.4, -0.2) is 17.2 Å². The van der Waals surface area contributed by atoms with Crippen molar-refractivity contribution in [1.82, 2.24) is 0 Å². The van der Waals surface area contributed by atoms with Crippen LogP contribution in [0.2, 0.25) is 0 Å². The quantitative estimate of drug-likeness (QED) is 0.854. The molecule has 0 saturated heterocycles. The molecule has 0 atom stereocenters. The Morgan fingerprint density at radius 2 is 1.86 bits per heavy atom. The molecule has 0 spiro atoms. The third-order valence-corrected chi connectivity index (χ3v) is 3.37. The Bertz CT molecular complexity index is 706. The molecule has 7 heteroatoms. The van der Waals surface area contributed by atoms with Crippen LogP contribution in [0, 0.1) is 5.82 Å². The van der Waals surface area contributed by atoms with Crippen molar-refractivity contribution < 1.29 is 23.8 Å². The maximum absolute atomic E-state index is 13.8. The van der Waals surface area contributed by atoms with Crippen molar-refractivity contribution in [2.24, 2.45) is 0 Å². The maximum Gasteiger partial charge on any atom is 0.411 e. The Morgan fingerprint density at radius 3 is 2.50 bits per heavy atom. The number of aromatic carboxylic acids is 1. The Balaban J connectivity index is 2.09. The van der Waals surface area contributed by atoms with E-state index in [0.717, 1.165) is 5.56 Å². The van der Waals surface area contributed by atoms with Crippen LogP contribution in [0.3, 0.4) is 0 Å². The number of anilines is 1. The summed E-state index contributed by atoms with van der Waals surface area (Å²) in [4.78, 5) is 22.8. The smallest absolute Gasteiger partial charge is 0.411 e. The first kappa shape index (κ1) is 16.0. The van der Waals surface area contributed by atoms with Gasteiger partial charge in [0, 0.05) is 0 Å². The minimum atomic E-state index is -1.49. The van der Waals surface area contributed by atoms with Crippen LogP contribution < -0.4 is 5.32 Å². The van der Waals surface area contributed by atoms with Gasteiger partial charge in [-0.2, -0.15) is 0 Å². The molecule has 2 rings (SSSR count). The summed E-state index contributed by atoms with van der Waals surface area (Å²) in [5, 5.41) is 11.3. The Kier molecular flexibility index (Phi) is 5.11. The SMILES string of the molecule is O=C(Nc1ccc(Br)c(F)c1C(=O)O)OCc1ccccc1. The van der Waals surface area contributed by atoms with Crippen molar-refractivity contribution in [3.63, 3.8) is 0 Å². The van der Waals surface area contributed by atoms with Gasteiger partial charge in [-0.15, -0.1) is 0 Å². The molecule has 0 aliphatic rings. The lowest BCUT2D eigenvalue weighted by Crippen LogP contribution is -2.17. The predicted molar refractivity (Wildman–Crippen MR) is 81.3 cm³/mol. The van der Waals surface area contributed by atoms with Gasteiger partial charge >= 0.3 is 12.1 Å². The molecule has 1 amide bonds. The number of halogens is 2. The third kappa shape index (κ3) is 3.82. The molecule has 2 aromatic carbocycles. The van der Waals surface area contributed by atoms with Crippen LogP contribution in [-0.2, 0) is 11.3 Å². The first-order valence-corrected chi connectivity index (χ1v) is 6.97. The van der Waals surface area contributed by atoms with Crippen LogP contribution in [0.1, 0.15) is 15.9 Å². The van der Waals surface area contributed by atoms with E-state index in [0.29, 0.717) is 0 Å². The largest absolute Gasteiger partial charge is 0.478 e. The van der Waals surface area contributed by atoms with Crippen molar-refractivity contribution in [2.45, 2.75) is 6.61 Å². The van der Waals surface area contributed by atoms with E-state index in [9.17, 15) is 14.0 Å². The predicted octanol–water partition coefficient (Wildman–Crippen LogP) is 4.04. The molecule has 114 valence electrons. The summed E-state index contributed by atoms with van der Waals surface area (Å²) in [5.74, 6) is -2.45. The second-order valence-corrected chi connectivity index (χ2v) is 5.13. The maximum atomic E-state index is 13.8. The minimum absolute atomic E-state index is 0.00639. The molecule has 0 aliphatic carbocycles. The van der Waals surface area contributed by atoms with E-state index >= 15 is 0 Å². The third-order valence-electron chi connectivity index (χ3n) is 2.76. The number of amides is 1. The van der Waals surface area contributed by atoms with E-state index in [1.807, 2.05) is 6.07 Å². The van der Waals surface area contributed by atoms with Gasteiger partial charge in [0.05, 0.1) is 10.2 Å². The number of hydrogen-bond acceptors (Lipinski definition) is 3. The van der Waals surface area contributed by atoms with Gasteiger partial charge in [0.2, 0.25) is 0 Å². The van der Waals surface area contributed by atoms with Crippen molar-refractivity contribution in [3.05, 3.63) is 63.9 Å². The second kappa shape index (κ2) is 7.04. The summed E-state index contributed by atoms with van der Waals surface area (Å²) >= 11 is 2.89. The van der Waals surface area contributed by atoms with Crippen LogP contribution in [0.4, 0.5) is 14.9 Å². The van der Waals surface area contributed by atoms with Gasteiger partial charge in [-0.25, -0.2) is 14.0 Å². The van der Waals surface area contributed by atoms with E-state index in [4.69, 9.17) is 9.84 Å². The summed E-state index contributed by atoms with van der Waals surface area (Å²) < 4.78 is 18.7. The lowest BCUT2D eigenvalue weighted by molar-refractivity contribution is 0.0693. The highest BCUT2D eigenvalue weighted by Crippen LogP contribution is 2.26. The monoisotopic (exact) mass is 367 g/mol. The average molecular weight is 368 g/mol. The number of carbonyl (C=O) groups excluding carboxylic acids is 1. The molecule has 0 aliphatic heterocycles. The van der Waals surface area contributed by atoms with Gasteiger partial charge in [-0.05, 0) is 33.6 Å². The summed E-state index contributed by atoms with van der Waals surface area (Å²) in [7, 11) is 0. The Hall–Kier alpha value is -2.41. The molecule has 0 radical (unpaired) electrons. The number of carboxylic acid groups (broad SMARTS) is 1. The van der Waals surface area contributed by atoms with E-state index < -0.39 is 23.4 Å². The first-order chi connectivity index (χ1) is 10.5. The van der Waals surface area contributed by atoms with Gasteiger partial charge in [-0.3, -0.25) is 5.32 Å². The molecule has 0 fully saturated rings. The van der Waals surface area contributed by atoms with Crippen molar-refractivity contribution >= 4 is 33.7 Å². The van der Waals surface area contributed by atoms with E-state index in [-0.39, 0.29) is 16.8 Å². The first-order valence-electron chi connectivity index (χ1n) is 6.18. The van der Waals surface area contributed by atoms with Gasteiger partial charge in [-0.1, -0.05) is 30.3 Å². The molecule has 0 aromatic heterocycles. The van der Waals surface area contributed by atoms with Crippen molar-refractivity contribution in [2.75, 3.05) is 5.32 Å². The summed E-state index contributed by atoms with van der Waals surface area (Å²) in [6.07, 6.45) is -0.868. The summed E-state index contributed by atoms with van der Waals surface area (Å²) in [6, 6.07) is 11.5. The molecule has 0 unspecified atom stereocenters. The number of hydrogen-bond donors (Lipinski definition) is 2. The highest BCUT2D eigenvalue weighted by atomic mass is 79.9. The van der Waals surface area contributed by atoms with Crippen molar-refractivity contribution in [1.29, 1.82) is 0 Å². The lowest BCUT2D eigenvalue weighted by atomic mass is 10.1. The molecule has 0 bridgehead atoms. The topological polar surface area (TPSA) is 75.6 Å². The average Bonchev–Trinajstić information content (AvgIpc) is 2.50. The fraction of sp³-hybridized carbons (Fsp3) is 0.0667. The summed E-state index contributed by atoms with van der Waals surface area (Å²) in [6.45, 7) is 0.0219. The number of carboxylic acids is 1. The lowest BCUT2D eigenvalue weighted by Gasteiger charge is -2.10. The molecule has 22 heavy (non-hydrogen) atoms. The van der Waals surface area contributed by atoms with Gasteiger partial charge in [0.25, 0.3) is 0 Å². The zero-order chi connectivity index (χ0) is 16.1. The standard InChI is InChI=1S/C15H11BrFNO4/c16-10-6-7-11(12(13(10)17)14(19)20)18-15(21)22-8-9-4-2-1-3-5-9/h1-7H,8H2,(H,18,21)(H,19,20).